The average molecular weight is 464 g/mol. The maximum absolute atomic E-state index is 13.7. The number of aryl methyl sites for hydroxylation is 1. The largest absolute Gasteiger partial charge is 0.447 e. The Morgan fingerprint density at radius 2 is 1.97 bits per heavy atom. The maximum Gasteiger partial charge on any atom is 0.416 e. The van der Waals surface area contributed by atoms with E-state index in [1.54, 1.807) is 7.11 Å². The van der Waals surface area contributed by atoms with Gasteiger partial charge in [-0.15, -0.1) is 0 Å². The van der Waals surface area contributed by atoms with Gasteiger partial charge in [-0.2, -0.15) is 5.10 Å². The quantitative estimate of drug-likeness (QED) is 0.415. The van der Waals surface area contributed by atoms with Gasteiger partial charge in [-0.05, 0) is 42.4 Å². The molecule has 34 heavy (non-hydrogen) atoms. The molecular formula is C27H33N3O4. The molecular weight excluding hydrogens is 430 g/mol. The fourth-order valence-electron chi connectivity index (χ4n) is 4.59. The van der Waals surface area contributed by atoms with Crippen molar-refractivity contribution in [2.75, 3.05) is 20.3 Å². The van der Waals surface area contributed by atoms with Crippen LogP contribution in [-0.2, 0) is 33.7 Å². The molecule has 0 radical (unpaired) electrons. The van der Waals surface area contributed by atoms with E-state index in [1.165, 1.54) is 4.90 Å². The van der Waals surface area contributed by atoms with Crippen molar-refractivity contribution < 1.29 is 19.1 Å². The van der Waals surface area contributed by atoms with Crippen LogP contribution in [-0.4, -0.2) is 53.0 Å². The Morgan fingerprint density at radius 3 is 2.71 bits per heavy atom. The maximum atomic E-state index is 13.7. The minimum atomic E-state index is -0.539. The number of fused-ring (bicyclic) bond motifs is 1. The molecule has 1 aliphatic heterocycles. The van der Waals surface area contributed by atoms with Crippen molar-refractivity contribution in [2.24, 2.45) is 11.8 Å². The molecule has 180 valence electrons. The number of aromatic nitrogens is 2. The Labute approximate surface area is 200 Å². The molecule has 2 atom stereocenters. The van der Waals surface area contributed by atoms with Gasteiger partial charge in [0.1, 0.15) is 6.61 Å². The number of rotatable bonds is 10. The zero-order valence-electron chi connectivity index (χ0n) is 20.1. The zero-order chi connectivity index (χ0) is 24.1. The summed E-state index contributed by atoms with van der Waals surface area (Å²) in [6.07, 6.45) is 3.35. The number of carbonyl (C=O) groups excluding carboxylic acids is 2. The van der Waals surface area contributed by atoms with E-state index in [-0.39, 0.29) is 30.4 Å². The standard InChI is InChI=1S/C27H33N3O4/c1-19(2)24(15-21-10-11-22-17-28-29(25(22)16-21)12-7-13-33-3)26(31)30-23(18-34-27(30)32)14-20-8-5-4-6-9-20/h4-6,8-11,16-17,19,23-24H,7,12-15,18H2,1-3H3. The van der Waals surface area contributed by atoms with E-state index in [2.05, 4.69) is 23.3 Å². The first-order valence-electron chi connectivity index (χ1n) is 11.9. The molecule has 0 aliphatic carbocycles. The second-order valence-corrected chi connectivity index (χ2v) is 9.29. The first-order valence-corrected chi connectivity index (χ1v) is 11.9. The van der Waals surface area contributed by atoms with Crippen molar-refractivity contribution in [2.45, 2.75) is 45.7 Å². The third kappa shape index (κ3) is 5.30. The van der Waals surface area contributed by atoms with E-state index in [1.807, 2.05) is 55.1 Å². The van der Waals surface area contributed by atoms with Crippen LogP contribution < -0.4 is 0 Å². The first kappa shape index (κ1) is 24.0. The van der Waals surface area contributed by atoms with E-state index >= 15 is 0 Å². The van der Waals surface area contributed by atoms with Gasteiger partial charge < -0.3 is 9.47 Å². The van der Waals surface area contributed by atoms with Gasteiger partial charge >= 0.3 is 6.09 Å². The molecule has 1 saturated heterocycles. The molecule has 2 heterocycles. The van der Waals surface area contributed by atoms with Crippen molar-refractivity contribution in [1.82, 2.24) is 14.7 Å². The van der Waals surface area contributed by atoms with Gasteiger partial charge in [0.25, 0.3) is 0 Å². The topological polar surface area (TPSA) is 73.7 Å². The van der Waals surface area contributed by atoms with E-state index in [4.69, 9.17) is 9.47 Å². The second-order valence-electron chi connectivity index (χ2n) is 9.29. The molecule has 1 fully saturated rings. The number of hydrogen-bond acceptors (Lipinski definition) is 5. The highest BCUT2D eigenvalue weighted by atomic mass is 16.6. The lowest BCUT2D eigenvalue weighted by molar-refractivity contribution is -0.134. The Bertz CT molecular complexity index is 1130. The van der Waals surface area contributed by atoms with E-state index in [9.17, 15) is 9.59 Å². The Balaban J connectivity index is 1.53. The molecule has 0 spiro atoms. The number of imide groups is 1. The summed E-state index contributed by atoms with van der Waals surface area (Å²) in [5.74, 6) is -0.418. The normalized spacial score (nSPS) is 16.9. The van der Waals surface area contributed by atoms with Crippen LogP contribution in [0.3, 0.4) is 0 Å². The van der Waals surface area contributed by atoms with Gasteiger partial charge in [-0.1, -0.05) is 56.3 Å². The van der Waals surface area contributed by atoms with Crippen LogP contribution in [0.25, 0.3) is 10.9 Å². The summed E-state index contributed by atoms with van der Waals surface area (Å²) in [5, 5.41) is 5.57. The van der Waals surface area contributed by atoms with Crippen molar-refractivity contribution in [3.8, 4) is 0 Å². The van der Waals surface area contributed by atoms with Gasteiger partial charge in [-0.3, -0.25) is 9.48 Å². The number of carbonyl (C=O) groups is 2. The predicted molar refractivity (Wildman–Crippen MR) is 130 cm³/mol. The Morgan fingerprint density at radius 1 is 1.18 bits per heavy atom. The van der Waals surface area contributed by atoms with Gasteiger partial charge in [-0.25, -0.2) is 9.69 Å². The summed E-state index contributed by atoms with van der Waals surface area (Å²) in [5.41, 5.74) is 3.18. The SMILES string of the molecule is COCCCn1ncc2ccc(CC(C(=O)N3C(=O)OCC3Cc3ccccc3)C(C)C)cc21. The number of hydrogen-bond donors (Lipinski definition) is 0. The summed E-state index contributed by atoms with van der Waals surface area (Å²) in [6, 6.07) is 15.8. The van der Waals surface area contributed by atoms with Crippen LogP contribution in [0, 0.1) is 11.8 Å². The van der Waals surface area contributed by atoms with E-state index < -0.39 is 6.09 Å². The number of nitrogens with zero attached hydrogens (tertiary/aromatic N) is 3. The van der Waals surface area contributed by atoms with Crippen molar-refractivity contribution >= 4 is 22.9 Å². The predicted octanol–water partition coefficient (Wildman–Crippen LogP) is 4.48. The van der Waals surface area contributed by atoms with Gasteiger partial charge in [0.05, 0.1) is 17.8 Å². The smallest absolute Gasteiger partial charge is 0.416 e. The lowest BCUT2D eigenvalue weighted by atomic mass is 9.87. The fraction of sp³-hybridized carbons (Fsp3) is 0.444. The number of cyclic esters (lactones) is 1. The molecule has 3 aromatic rings. The monoisotopic (exact) mass is 463 g/mol. The first-order chi connectivity index (χ1) is 16.5. The number of benzene rings is 2. The van der Waals surface area contributed by atoms with Crippen molar-refractivity contribution in [3.05, 3.63) is 65.9 Å². The molecule has 0 bridgehead atoms. The fourth-order valence-corrected chi connectivity index (χ4v) is 4.59. The molecule has 1 aromatic heterocycles. The minimum Gasteiger partial charge on any atom is -0.447 e. The minimum absolute atomic E-state index is 0.0700. The Kier molecular flexibility index (Phi) is 7.63. The lowest BCUT2D eigenvalue weighted by Crippen LogP contribution is -2.45. The summed E-state index contributed by atoms with van der Waals surface area (Å²) in [6.45, 7) is 5.75. The lowest BCUT2D eigenvalue weighted by Gasteiger charge is -2.27. The average Bonchev–Trinajstić information content (AvgIpc) is 3.40. The zero-order valence-corrected chi connectivity index (χ0v) is 20.1. The van der Waals surface area contributed by atoms with E-state index in [0.717, 1.165) is 35.0 Å². The third-order valence-corrected chi connectivity index (χ3v) is 6.52. The van der Waals surface area contributed by atoms with Gasteiger partial charge in [0.2, 0.25) is 5.91 Å². The van der Waals surface area contributed by atoms with Crippen LogP contribution >= 0.6 is 0 Å². The highest BCUT2D eigenvalue weighted by Gasteiger charge is 2.41. The molecule has 0 N–H and O–H groups in total. The molecule has 1 aliphatic rings. The molecule has 7 nitrogen and oxygen atoms in total. The summed E-state index contributed by atoms with van der Waals surface area (Å²) in [7, 11) is 1.70. The van der Waals surface area contributed by atoms with Crippen molar-refractivity contribution in [3.63, 3.8) is 0 Å². The highest BCUT2D eigenvalue weighted by Crippen LogP contribution is 2.27. The Hall–Kier alpha value is -3.19. The number of methoxy groups -OCH3 is 1. The number of amides is 2. The summed E-state index contributed by atoms with van der Waals surface area (Å²) < 4.78 is 12.5. The molecule has 2 aromatic carbocycles. The van der Waals surface area contributed by atoms with Crippen LogP contribution in [0.15, 0.2) is 54.7 Å². The number of ether oxygens (including phenoxy) is 2. The molecule has 7 heteroatoms. The van der Waals surface area contributed by atoms with Crippen LogP contribution in [0.4, 0.5) is 4.79 Å². The second kappa shape index (κ2) is 10.8. The summed E-state index contributed by atoms with van der Waals surface area (Å²) in [4.78, 5) is 27.6. The van der Waals surface area contributed by atoms with Crippen molar-refractivity contribution in [1.29, 1.82) is 0 Å². The summed E-state index contributed by atoms with van der Waals surface area (Å²) >= 11 is 0. The third-order valence-electron chi connectivity index (χ3n) is 6.52. The van der Waals surface area contributed by atoms with E-state index in [0.29, 0.717) is 19.4 Å². The van der Waals surface area contributed by atoms with Crippen LogP contribution in [0.2, 0.25) is 0 Å². The van der Waals surface area contributed by atoms with Crippen LogP contribution in [0.5, 0.6) is 0 Å². The van der Waals surface area contributed by atoms with Gasteiger partial charge in [0, 0.05) is 31.6 Å². The molecule has 2 amide bonds. The van der Waals surface area contributed by atoms with Crippen LogP contribution in [0.1, 0.15) is 31.4 Å². The molecule has 2 unspecified atom stereocenters. The molecule has 0 saturated carbocycles. The van der Waals surface area contributed by atoms with Gasteiger partial charge in [0.15, 0.2) is 0 Å². The highest BCUT2D eigenvalue weighted by molar-refractivity contribution is 5.95. The molecule has 4 rings (SSSR count).